The fraction of sp³-hybridized carbons (Fsp3) is 0.200. The fourth-order valence-corrected chi connectivity index (χ4v) is 2.84. The van der Waals surface area contributed by atoms with Crippen LogP contribution in [0.2, 0.25) is 0 Å². The minimum Gasteiger partial charge on any atom is -0.359 e. The van der Waals surface area contributed by atoms with Gasteiger partial charge in [0.25, 0.3) is 11.8 Å². The molecule has 0 spiro atoms. The Labute approximate surface area is 146 Å². The van der Waals surface area contributed by atoms with Gasteiger partial charge < -0.3 is 15.2 Å². The van der Waals surface area contributed by atoms with Crippen molar-refractivity contribution < 1.29 is 9.59 Å². The monoisotopic (exact) mass is 335 g/mol. The summed E-state index contributed by atoms with van der Waals surface area (Å²) >= 11 is 0. The van der Waals surface area contributed by atoms with Gasteiger partial charge in [-0.3, -0.25) is 9.59 Å². The molecule has 0 saturated carbocycles. The van der Waals surface area contributed by atoms with Gasteiger partial charge in [-0.05, 0) is 50.2 Å². The van der Waals surface area contributed by atoms with Gasteiger partial charge in [0, 0.05) is 35.8 Å². The zero-order valence-electron chi connectivity index (χ0n) is 14.4. The number of nitrogens with one attached hydrogen (secondary N) is 2. The van der Waals surface area contributed by atoms with Gasteiger partial charge in [0.2, 0.25) is 0 Å². The number of hydrogen-bond donors (Lipinski definition) is 2. The van der Waals surface area contributed by atoms with Gasteiger partial charge in [0.15, 0.2) is 0 Å². The molecule has 5 nitrogen and oxygen atoms in total. The molecule has 0 aliphatic carbocycles. The number of rotatable bonds is 5. The number of carbonyl (C=O) groups excluding carboxylic acids is 2. The Morgan fingerprint density at radius 3 is 2.32 bits per heavy atom. The van der Waals surface area contributed by atoms with Crippen molar-refractivity contribution >= 4 is 28.4 Å². The maximum atomic E-state index is 12.5. The average Bonchev–Trinajstić information content (AvgIpc) is 3.12. The highest BCUT2D eigenvalue weighted by molar-refractivity contribution is 6.08. The van der Waals surface area contributed by atoms with Crippen molar-refractivity contribution in [3.05, 3.63) is 65.9 Å². The summed E-state index contributed by atoms with van der Waals surface area (Å²) in [5.41, 5.74) is 2.73. The molecule has 2 aromatic carbocycles. The summed E-state index contributed by atoms with van der Waals surface area (Å²) in [5.74, 6) is -0.225. The van der Waals surface area contributed by atoms with Crippen LogP contribution in [0.5, 0.6) is 0 Å². The number of aromatic amines is 1. The molecule has 1 heterocycles. The number of benzene rings is 2. The first-order chi connectivity index (χ1) is 12.1. The Hall–Kier alpha value is -3.08. The minimum atomic E-state index is -0.205. The predicted molar refractivity (Wildman–Crippen MR) is 99.9 cm³/mol. The highest BCUT2D eigenvalue weighted by Crippen LogP contribution is 2.22. The van der Waals surface area contributed by atoms with Gasteiger partial charge in [0.1, 0.15) is 0 Å². The van der Waals surface area contributed by atoms with E-state index in [2.05, 4.69) is 10.3 Å². The van der Waals surface area contributed by atoms with Crippen molar-refractivity contribution in [1.82, 2.24) is 9.88 Å². The normalized spacial score (nSPS) is 10.6. The molecule has 0 atom stereocenters. The van der Waals surface area contributed by atoms with Crippen LogP contribution in [-0.4, -0.2) is 34.8 Å². The van der Waals surface area contributed by atoms with Gasteiger partial charge in [0.05, 0.1) is 11.2 Å². The third kappa shape index (κ3) is 3.40. The molecule has 0 aliphatic rings. The molecular weight excluding hydrogens is 314 g/mol. The number of nitrogens with zero attached hydrogens (tertiary/aromatic N) is 1. The Balaban J connectivity index is 1.77. The molecule has 0 bridgehead atoms. The molecular formula is C20H21N3O2. The van der Waals surface area contributed by atoms with Crippen molar-refractivity contribution in [2.75, 3.05) is 18.4 Å². The first-order valence-corrected chi connectivity index (χ1v) is 8.40. The molecule has 2 amide bonds. The molecule has 3 aromatic rings. The standard InChI is InChI=1S/C20H21N3O2/c1-3-23(4-2)20(25)16-10-8-15(9-11-16)19(24)22-17-7-5-6-14-12-13-21-18(14)17/h5-13,21H,3-4H2,1-2H3,(H,22,24). The van der Waals surface area contributed by atoms with Crippen LogP contribution in [0.15, 0.2) is 54.7 Å². The second-order valence-electron chi connectivity index (χ2n) is 5.76. The van der Waals surface area contributed by atoms with Gasteiger partial charge in [-0.15, -0.1) is 0 Å². The summed E-state index contributed by atoms with van der Waals surface area (Å²) in [6.45, 7) is 5.23. The van der Waals surface area contributed by atoms with Crippen LogP contribution >= 0.6 is 0 Å². The number of hydrogen-bond acceptors (Lipinski definition) is 2. The first-order valence-electron chi connectivity index (χ1n) is 8.40. The molecule has 0 fully saturated rings. The number of H-pyrrole nitrogens is 1. The first kappa shape index (κ1) is 16.8. The van der Waals surface area contributed by atoms with E-state index in [-0.39, 0.29) is 11.8 Å². The zero-order chi connectivity index (χ0) is 17.8. The summed E-state index contributed by atoms with van der Waals surface area (Å²) in [6, 6.07) is 14.5. The predicted octanol–water partition coefficient (Wildman–Crippen LogP) is 3.90. The van der Waals surface area contributed by atoms with E-state index in [4.69, 9.17) is 0 Å². The smallest absolute Gasteiger partial charge is 0.255 e. The highest BCUT2D eigenvalue weighted by atomic mass is 16.2. The van der Waals surface area contributed by atoms with Crippen molar-refractivity contribution in [1.29, 1.82) is 0 Å². The second-order valence-corrected chi connectivity index (χ2v) is 5.76. The number of anilines is 1. The molecule has 1 aromatic heterocycles. The number of carbonyl (C=O) groups is 2. The third-order valence-electron chi connectivity index (χ3n) is 4.28. The maximum Gasteiger partial charge on any atom is 0.255 e. The van der Waals surface area contributed by atoms with Crippen molar-refractivity contribution in [3.63, 3.8) is 0 Å². The van der Waals surface area contributed by atoms with Crippen LogP contribution in [0.1, 0.15) is 34.6 Å². The van der Waals surface area contributed by atoms with Crippen molar-refractivity contribution in [2.24, 2.45) is 0 Å². The van der Waals surface area contributed by atoms with E-state index in [1.54, 1.807) is 29.2 Å². The molecule has 128 valence electrons. The van der Waals surface area contributed by atoms with Crippen LogP contribution in [0.4, 0.5) is 5.69 Å². The average molecular weight is 335 g/mol. The largest absolute Gasteiger partial charge is 0.359 e. The topological polar surface area (TPSA) is 65.2 Å². The fourth-order valence-electron chi connectivity index (χ4n) is 2.84. The lowest BCUT2D eigenvalue weighted by Gasteiger charge is -2.18. The summed E-state index contributed by atoms with van der Waals surface area (Å²) in [4.78, 5) is 29.7. The molecule has 0 radical (unpaired) electrons. The second kappa shape index (κ2) is 7.21. The lowest BCUT2D eigenvalue weighted by atomic mass is 10.1. The summed E-state index contributed by atoms with van der Waals surface area (Å²) in [5, 5.41) is 3.96. The number of para-hydroxylation sites is 1. The highest BCUT2D eigenvalue weighted by Gasteiger charge is 2.14. The number of aromatic nitrogens is 1. The van der Waals surface area contributed by atoms with E-state index in [9.17, 15) is 9.59 Å². The molecule has 0 saturated heterocycles. The van der Waals surface area contributed by atoms with Crippen LogP contribution < -0.4 is 5.32 Å². The van der Waals surface area contributed by atoms with E-state index in [1.165, 1.54) is 0 Å². The Morgan fingerprint density at radius 2 is 1.64 bits per heavy atom. The van der Waals surface area contributed by atoms with Gasteiger partial charge >= 0.3 is 0 Å². The van der Waals surface area contributed by atoms with Gasteiger partial charge in [-0.25, -0.2) is 0 Å². The lowest BCUT2D eigenvalue weighted by Crippen LogP contribution is -2.30. The van der Waals surface area contributed by atoms with E-state index < -0.39 is 0 Å². The molecule has 2 N–H and O–H groups in total. The Kier molecular flexibility index (Phi) is 4.84. The lowest BCUT2D eigenvalue weighted by molar-refractivity contribution is 0.0772. The van der Waals surface area contributed by atoms with E-state index in [0.717, 1.165) is 16.6 Å². The van der Waals surface area contributed by atoms with Gasteiger partial charge in [-0.2, -0.15) is 0 Å². The van der Waals surface area contributed by atoms with Crippen LogP contribution in [-0.2, 0) is 0 Å². The number of amides is 2. The summed E-state index contributed by atoms with van der Waals surface area (Å²) in [6.07, 6.45) is 1.84. The van der Waals surface area contributed by atoms with Gasteiger partial charge in [-0.1, -0.05) is 12.1 Å². The van der Waals surface area contributed by atoms with E-state index in [0.29, 0.717) is 24.2 Å². The minimum absolute atomic E-state index is 0.0203. The zero-order valence-corrected chi connectivity index (χ0v) is 14.4. The van der Waals surface area contributed by atoms with E-state index in [1.807, 2.05) is 44.3 Å². The molecule has 0 unspecified atom stereocenters. The molecule has 5 heteroatoms. The Morgan fingerprint density at radius 1 is 0.960 bits per heavy atom. The molecule has 25 heavy (non-hydrogen) atoms. The molecule has 3 rings (SSSR count). The summed E-state index contributed by atoms with van der Waals surface area (Å²) < 4.78 is 0. The molecule has 0 aliphatic heterocycles. The third-order valence-corrected chi connectivity index (χ3v) is 4.28. The number of fused-ring (bicyclic) bond motifs is 1. The Bertz CT molecular complexity index is 893. The quantitative estimate of drug-likeness (QED) is 0.742. The van der Waals surface area contributed by atoms with E-state index >= 15 is 0 Å². The van der Waals surface area contributed by atoms with Crippen LogP contribution in [0.3, 0.4) is 0 Å². The maximum absolute atomic E-state index is 12.5. The summed E-state index contributed by atoms with van der Waals surface area (Å²) in [7, 11) is 0. The van der Waals surface area contributed by atoms with Crippen molar-refractivity contribution in [2.45, 2.75) is 13.8 Å². The SMILES string of the molecule is CCN(CC)C(=O)c1ccc(C(=O)Nc2cccc3cc[nH]c23)cc1. The van der Waals surface area contributed by atoms with Crippen molar-refractivity contribution in [3.8, 4) is 0 Å². The van der Waals surface area contributed by atoms with Crippen LogP contribution in [0, 0.1) is 0 Å². The van der Waals surface area contributed by atoms with Crippen LogP contribution in [0.25, 0.3) is 10.9 Å².